The maximum Gasteiger partial charge on any atom is 0.145 e. The largest absolute Gasteiger partial charge is 0.397 e. The molecule has 0 spiro atoms. The van der Waals surface area contributed by atoms with Crippen LogP contribution in [0.4, 0.5) is 11.5 Å². The molecule has 0 aliphatic heterocycles. The topological polar surface area (TPSA) is 79.6 Å². The molecule has 16 heavy (non-hydrogen) atoms. The quantitative estimate of drug-likeness (QED) is 0.765. The molecule has 0 amide bonds. The summed E-state index contributed by atoms with van der Waals surface area (Å²) < 4.78 is 0. The van der Waals surface area contributed by atoms with Crippen LogP contribution in [0.1, 0.15) is 18.5 Å². The van der Waals surface area contributed by atoms with E-state index in [1.54, 1.807) is 18.5 Å². The van der Waals surface area contributed by atoms with Crippen molar-refractivity contribution in [1.29, 1.82) is 0 Å². The van der Waals surface area contributed by atoms with Gasteiger partial charge in [-0.25, -0.2) is 4.98 Å². The molecule has 0 radical (unpaired) electrons. The van der Waals surface area contributed by atoms with Crippen LogP contribution in [0, 0.1) is 0 Å². The van der Waals surface area contributed by atoms with Crippen molar-refractivity contribution >= 4 is 23.1 Å². The summed E-state index contributed by atoms with van der Waals surface area (Å²) in [5, 5.41) is 10.3. The molecule has 1 atom stereocenters. The lowest BCUT2D eigenvalue weighted by atomic mass is 10.2. The number of H-pyrrole nitrogens is 1. The van der Waals surface area contributed by atoms with Gasteiger partial charge in [-0.15, -0.1) is 0 Å². The van der Waals surface area contributed by atoms with Crippen LogP contribution < -0.4 is 11.1 Å². The molecule has 0 fully saturated rings. The summed E-state index contributed by atoms with van der Waals surface area (Å²) in [4.78, 5) is 4.13. The predicted molar refractivity (Wildman–Crippen MR) is 64.3 cm³/mol. The molecule has 5 nitrogen and oxygen atoms in total. The van der Waals surface area contributed by atoms with E-state index in [1.807, 2.05) is 13.1 Å². The monoisotopic (exact) mass is 237 g/mol. The predicted octanol–water partition coefficient (Wildman–Crippen LogP) is 2.21. The van der Waals surface area contributed by atoms with Crippen LogP contribution in [0.2, 0.25) is 5.02 Å². The van der Waals surface area contributed by atoms with Crippen LogP contribution in [-0.4, -0.2) is 15.2 Å². The van der Waals surface area contributed by atoms with Crippen molar-refractivity contribution in [3.8, 4) is 0 Å². The number of rotatable bonds is 3. The summed E-state index contributed by atoms with van der Waals surface area (Å²) in [6, 6.07) is 1.74. The zero-order chi connectivity index (χ0) is 11.5. The minimum Gasteiger partial charge on any atom is -0.397 e. The molecule has 4 N–H and O–H groups in total. The summed E-state index contributed by atoms with van der Waals surface area (Å²) in [5.41, 5.74) is 7.15. The number of anilines is 2. The molecule has 0 aliphatic carbocycles. The number of hydrogen-bond acceptors (Lipinski definition) is 4. The van der Waals surface area contributed by atoms with Gasteiger partial charge < -0.3 is 11.1 Å². The molecule has 0 saturated carbocycles. The first-order valence-electron chi connectivity index (χ1n) is 4.83. The first-order valence-corrected chi connectivity index (χ1v) is 5.21. The SMILES string of the molecule is CC(Nc1ncc(N)cc1Cl)c1cn[nH]c1. The van der Waals surface area contributed by atoms with Crippen LogP contribution in [0.15, 0.2) is 24.7 Å². The third kappa shape index (κ3) is 2.25. The fourth-order valence-corrected chi connectivity index (χ4v) is 1.57. The van der Waals surface area contributed by atoms with Gasteiger partial charge in [0.05, 0.1) is 29.1 Å². The molecule has 2 rings (SSSR count). The van der Waals surface area contributed by atoms with Gasteiger partial charge in [-0.1, -0.05) is 11.6 Å². The van der Waals surface area contributed by atoms with Crippen molar-refractivity contribution in [3.63, 3.8) is 0 Å². The summed E-state index contributed by atoms with van der Waals surface area (Å²) in [6.45, 7) is 2.00. The minimum absolute atomic E-state index is 0.0763. The van der Waals surface area contributed by atoms with Crippen LogP contribution in [-0.2, 0) is 0 Å². The van der Waals surface area contributed by atoms with Gasteiger partial charge in [0.25, 0.3) is 0 Å². The Balaban J connectivity index is 2.15. The lowest BCUT2D eigenvalue weighted by Crippen LogP contribution is -2.07. The van der Waals surface area contributed by atoms with Crippen molar-refractivity contribution in [1.82, 2.24) is 15.2 Å². The number of halogens is 1. The third-order valence-corrected chi connectivity index (χ3v) is 2.52. The summed E-state index contributed by atoms with van der Waals surface area (Å²) in [6.07, 6.45) is 5.14. The summed E-state index contributed by atoms with van der Waals surface area (Å²) in [7, 11) is 0. The molecule has 0 saturated heterocycles. The van der Waals surface area contributed by atoms with E-state index in [2.05, 4.69) is 20.5 Å². The highest BCUT2D eigenvalue weighted by atomic mass is 35.5. The molecule has 1 unspecified atom stereocenters. The van der Waals surface area contributed by atoms with Gasteiger partial charge in [0.2, 0.25) is 0 Å². The van der Waals surface area contributed by atoms with Gasteiger partial charge in [-0.05, 0) is 13.0 Å². The van der Waals surface area contributed by atoms with Crippen LogP contribution in [0.25, 0.3) is 0 Å². The van der Waals surface area contributed by atoms with Crippen molar-refractivity contribution < 1.29 is 0 Å². The Morgan fingerprint density at radius 2 is 2.31 bits per heavy atom. The van der Waals surface area contributed by atoms with Crippen molar-refractivity contribution in [2.24, 2.45) is 0 Å². The van der Waals surface area contributed by atoms with Gasteiger partial charge in [0.15, 0.2) is 0 Å². The number of nitrogen functional groups attached to an aromatic ring is 1. The average Bonchev–Trinajstić information content (AvgIpc) is 2.75. The van der Waals surface area contributed by atoms with E-state index in [0.29, 0.717) is 16.5 Å². The number of nitrogens with zero attached hydrogens (tertiary/aromatic N) is 2. The van der Waals surface area contributed by atoms with Crippen LogP contribution >= 0.6 is 11.6 Å². The van der Waals surface area contributed by atoms with Crippen molar-refractivity contribution in [2.75, 3.05) is 11.1 Å². The smallest absolute Gasteiger partial charge is 0.145 e. The molecule has 2 aromatic rings. The molecule has 0 aromatic carbocycles. The lowest BCUT2D eigenvalue weighted by molar-refractivity contribution is 0.876. The highest BCUT2D eigenvalue weighted by Crippen LogP contribution is 2.24. The number of hydrogen-bond donors (Lipinski definition) is 3. The van der Waals surface area contributed by atoms with E-state index in [4.69, 9.17) is 17.3 Å². The Morgan fingerprint density at radius 3 is 2.94 bits per heavy atom. The Kier molecular flexibility index (Phi) is 2.96. The van der Waals surface area contributed by atoms with Gasteiger partial charge in [-0.3, -0.25) is 5.10 Å². The Morgan fingerprint density at radius 1 is 1.50 bits per heavy atom. The molecule has 84 valence electrons. The standard InChI is InChI=1S/C10H12ClN5/c1-6(7-3-14-15-4-7)16-10-9(11)2-8(12)5-13-10/h2-6H,12H2,1H3,(H,13,16)(H,14,15). The molecule has 0 aliphatic rings. The fraction of sp³-hybridized carbons (Fsp3) is 0.200. The molecular weight excluding hydrogens is 226 g/mol. The van der Waals surface area contributed by atoms with E-state index >= 15 is 0 Å². The molecular formula is C10H12ClN5. The molecule has 0 bridgehead atoms. The zero-order valence-electron chi connectivity index (χ0n) is 8.74. The highest BCUT2D eigenvalue weighted by molar-refractivity contribution is 6.33. The first-order chi connectivity index (χ1) is 7.66. The second-order valence-corrected chi connectivity index (χ2v) is 3.90. The van der Waals surface area contributed by atoms with E-state index in [0.717, 1.165) is 5.56 Å². The number of pyridine rings is 1. The van der Waals surface area contributed by atoms with E-state index in [9.17, 15) is 0 Å². The van der Waals surface area contributed by atoms with E-state index in [1.165, 1.54) is 0 Å². The average molecular weight is 238 g/mol. The van der Waals surface area contributed by atoms with Crippen LogP contribution in [0.5, 0.6) is 0 Å². The van der Waals surface area contributed by atoms with Crippen molar-refractivity contribution in [2.45, 2.75) is 13.0 Å². The second kappa shape index (κ2) is 4.40. The minimum atomic E-state index is 0.0763. The van der Waals surface area contributed by atoms with Gasteiger partial charge in [0, 0.05) is 11.8 Å². The van der Waals surface area contributed by atoms with E-state index in [-0.39, 0.29) is 6.04 Å². The third-order valence-electron chi connectivity index (χ3n) is 2.23. The van der Waals surface area contributed by atoms with E-state index < -0.39 is 0 Å². The zero-order valence-corrected chi connectivity index (χ0v) is 9.49. The Bertz CT molecular complexity index is 468. The Labute approximate surface area is 98.0 Å². The maximum absolute atomic E-state index is 6.01. The lowest BCUT2D eigenvalue weighted by Gasteiger charge is -2.13. The highest BCUT2D eigenvalue weighted by Gasteiger charge is 2.09. The maximum atomic E-state index is 6.01. The van der Waals surface area contributed by atoms with Gasteiger partial charge in [-0.2, -0.15) is 5.10 Å². The Hall–Kier alpha value is -1.75. The van der Waals surface area contributed by atoms with Gasteiger partial charge in [0.1, 0.15) is 5.82 Å². The molecule has 2 heterocycles. The number of aromatic amines is 1. The van der Waals surface area contributed by atoms with Gasteiger partial charge >= 0.3 is 0 Å². The normalized spacial score (nSPS) is 12.4. The first kappa shape index (κ1) is 10.8. The molecule has 2 aromatic heterocycles. The number of nitrogens with one attached hydrogen (secondary N) is 2. The van der Waals surface area contributed by atoms with Crippen molar-refractivity contribution in [3.05, 3.63) is 35.2 Å². The second-order valence-electron chi connectivity index (χ2n) is 3.50. The fourth-order valence-electron chi connectivity index (χ4n) is 1.35. The summed E-state index contributed by atoms with van der Waals surface area (Å²) >= 11 is 6.01. The molecule has 6 heteroatoms. The number of nitrogens with two attached hydrogens (primary N) is 1. The van der Waals surface area contributed by atoms with Crippen LogP contribution in [0.3, 0.4) is 0 Å². The number of aromatic nitrogens is 3. The summed E-state index contributed by atoms with van der Waals surface area (Å²) in [5.74, 6) is 0.615.